The molecule has 0 amide bonds. The zero-order valence-corrected chi connectivity index (χ0v) is 15.2. The lowest BCUT2D eigenvalue weighted by molar-refractivity contribution is 0.201. The van der Waals surface area contributed by atoms with Gasteiger partial charge in [-0.05, 0) is 20.0 Å². The molecule has 22 heavy (non-hydrogen) atoms. The fourth-order valence-corrected chi connectivity index (χ4v) is 2.55. The molecule has 1 aliphatic rings. The molecule has 0 saturated carbocycles. The lowest BCUT2D eigenvalue weighted by Crippen LogP contribution is -2.45. The Kier molecular flexibility index (Phi) is 11.7. The molecule has 0 aliphatic carbocycles. The van der Waals surface area contributed by atoms with Gasteiger partial charge < -0.3 is 15.0 Å². The highest BCUT2D eigenvalue weighted by Gasteiger charge is 2.11. The van der Waals surface area contributed by atoms with Crippen molar-refractivity contribution >= 4 is 24.8 Å². The molecule has 1 saturated heterocycles. The van der Waals surface area contributed by atoms with Crippen molar-refractivity contribution in [2.75, 3.05) is 52.9 Å². The molecule has 0 bridgehead atoms. The van der Waals surface area contributed by atoms with Crippen LogP contribution >= 0.6 is 24.8 Å². The SMILES string of the molecule is CCOc1ccccc1CN(C)CCN1CCNCC1.Cl.Cl. The molecule has 2 rings (SSSR count). The van der Waals surface area contributed by atoms with Gasteiger partial charge in [-0.2, -0.15) is 0 Å². The van der Waals surface area contributed by atoms with Crippen molar-refractivity contribution in [1.82, 2.24) is 15.1 Å². The number of hydrogen-bond donors (Lipinski definition) is 1. The first-order valence-corrected chi connectivity index (χ1v) is 7.62. The summed E-state index contributed by atoms with van der Waals surface area (Å²) in [6.45, 7) is 10.5. The molecule has 1 aliphatic heterocycles. The van der Waals surface area contributed by atoms with Crippen LogP contribution < -0.4 is 10.1 Å². The van der Waals surface area contributed by atoms with Gasteiger partial charge in [-0.3, -0.25) is 4.90 Å². The molecule has 4 nitrogen and oxygen atoms in total. The van der Waals surface area contributed by atoms with Gasteiger partial charge in [0.2, 0.25) is 0 Å². The second-order valence-corrected chi connectivity index (χ2v) is 5.37. The number of benzene rings is 1. The summed E-state index contributed by atoms with van der Waals surface area (Å²) in [6, 6.07) is 8.34. The first-order valence-electron chi connectivity index (χ1n) is 7.62. The van der Waals surface area contributed by atoms with Crippen LogP contribution in [0.4, 0.5) is 0 Å². The third kappa shape index (κ3) is 7.16. The third-order valence-corrected chi connectivity index (χ3v) is 3.72. The molecule has 1 heterocycles. The van der Waals surface area contributed by atoms with Gasteiger partial charge in [0.1, 0.15) is 5.75 Å². The fourth-order valence-electron chi connectivity index (χ4n) is 2.55. The summed E-state index contributed by atoms with van der Waals surface area (Å²) in [7, 11) is 2.19. The van der Waals surface area contributed by atoms with Gasteiger partial charge >= 0.3 is 0 Å². The van der Waals surface area contributed by atoms with E-state index in [0.717, 1.165) is 45.1 Å². The van der Waals surface area contributed by atoms with Gasteiger partial charge in [0, 0.05) is 51.4 Å². The number of hydrogen-bond acceptors (Lipinski definition) is 4. The maximum atomic E-state index is 5.69. The number of likely N-dealkylation sites (N-methyl/N-ethyl adjacent to an activating group) is 1. The molecule has 0 atom stereocenters. The Hall–Kier alpha value is -0.520. The standard InChI is InChI=1S/C16H27N3O.2ClH/c1-3-20-16-7-5-4-6-15(16)14-18(2)12-13-19-10-8-17-9-11-19;;/h4-7,17H,3,8-14H2,1-2H3;2*1H. The minimum atomic E-state index is 0. The molecule has 1 aromatic carbocycles. The number of nitrogens with one attached hydrogen (secondary N) is 1. The van der Waals surface area contributed by atoms with E-state index in [4.69, 9.17) is 4.74 Å². The normalized spacial score (nSPS) is 15.0. The largest absolute Gasteiger partial charge is 0.494 e. The van der Waals surface area contributed by atoms with Crippen molar-refractivity contribution in [3.63, 3.8) is 0 Å². The number of piperazine rings is 1. The Balaban J connectivity index is 0.00000220. The zero-order chi connectivity index (χ0) is 14.2. The Morgan fingerprint density at radius 1 is 1.18 bits per heavy atom. The molecule has 1 fully saturated rings. The molecule has 0 unspecified atom stereocenters. The van der Waals surface area contributed by atoms with Gasteiger partial charge in [0.15, 0.2) is 0 Å². The van der Waals surface area contributed by atoms with Crippen LogP contribution in [0.2, 0.25) is 0 Å². The Morgan fingerprint density at radius 2 is 1.86 bits per heavy atom. The lowest BCUT2D eigenvalue weighted by atomic mass is 10.2. The third-order valence-electron chi connectivity index (χ3n) is 3.72. The number of para-hydroxylation sites is 1. The van der Waals surface area contributed by atoms with E-state index in [1.807, 2.05) is 13.0 Å². The average Bonchev–Trinajstić information content (AvgIpc) is 2.49. The van der Waals surface area contributed by atoms with Crippen LogP contribution in [0.1, 0.15) is 12.5 Å². The van der Waals surface area contributed by atoms with Crippen LogP contribution in [-0.2, 0) is 6.54 Å². The molecule has 1 aromatic rings. The van der Waals surface area contributed by atoms with Crippen LogP contribution in [0.5, 0.6) is 5.75 Å². The topological polar surface area (TPSA) is 27.7 Å². The van der Waals surface area contributed by atoms with Crippen molar-refractivity contribution < 1.29 is 4.74 Å². The van der Waals surface area contributed by atoms with E-state index in [0.29, 0.717) is 0 Å². The summed E-state index contributed by atoms with van der Waals surface area (Å²) in [4.78, 5) is 4.90. The van der Waals surface area contributed by atoms with E-state index < -0.39 is 0 Å². The van der Waals surface area contributed by atoms with E-state index in [9.17, 15) is 0 Å². The Bertz CT molecular complexity index is 401. The number of nitrogens with zero attached hydrogens (tertiary/aromatic N) is 2. The molecule has 6 heteroatoms. The fraction of sp³-hybridized carbons (Fsp3) is 0.625. The van der Waals surface area contributed by atoms with Crippen molar-refractivity contribution in [3.8, 4) is 5.75 Å². The highest BCUT2D eigenvalue weighted by Crippen LogP contribution is 2.19. The molecule has 128 valence electrons. The zero-order valence-electron chi connectivity index (χ0n) is 13.6. The summed E-state index contributed by atoms with van der Waals surface area (Å²) in [5.41, 5.74) is 1.28. The van der Waals surface area contributed by atoms with Crippen molar-refractivity contribution in [1.29, 1.82) is 0 Å². The summed E-state index contributed by atoms with van der Waals surface area (Å²) in [5.74, 6) is 1.02. The summed E-state index contributed by atoms with van der Waals surface area (Å²) in [6.07, 6.45) is 0. The second kappa shape index (κ2) is 12.0. The monoisotopic (exact) mass is 349 g/mol. The van der Waals surface area contributed by atoms with Crippen molar-refractivity contribution in [2.24, 2.45) is 0 Å². The molecule has 0 radical (unpaired) electrons. The summed E-state index contributed by atoms with van der Waals surface area (Å²) < 4.78 is 5.69. The quantitative estimate of drug-likeness (QED) is 0.817. The molecule has 1 N–H and O–H groups in total. The number of halogens is 2. The predicted octanol–water partition coefficient (Wildman–Crippen LogP) is 2.27. The van der Waals surface area contributed by atoms with Crippen molar-refractivity contribution in [3.05, 3.63) is 29.8 Å². The molecule has 0 aromatic heterocycles. The van der Waals surface area contributed by atoms with Crippen LogP contribution in [0.25, 0.3) is 0 Å². The van der Waals surface area contributed by atoms with Crippen LogP contribution in [0.3, 0.4) is 0 Å². The van der Waals surface area contributed by atoms with Gasteiger partial charge in [-0.1, -0.05) is 18.2 Å². The van der Waals surface area contributed by atoms with Crippen LogP contribution in [-0.4, -0.2) is 62.7 Å². The predicted molar refractivity (Wildman–Crippen MR) is 97.8 cm³/mol. The van der Waals surface area contributed by atoms with Gasteiger partial charge in [0.25, 0.3) is 0 Å². The molecule has 0 spiro atoms. The van der Waals surface area contributed by atoms with Crippen LogP contribution in [0, 0.1) is 0 Å². The van der Waals surface area contributed by atoms with Crippen molar-refractivity contribution in [2.45, 2.75) is 13.5 Å². The highest BCUT2D eigenvalue weighted by atomic mass is 35.5. The second-order valence-electron chi connectivity index (χ2n) is 5.37. The van der Waals surface area contributed by atoms with E-state index >= 15 is 0 Å². The van der Waals surface area contributed by atoms with E-state index in [2.05, 4.69) is 40.4 Å². The van der Waals surface area contributed by atoms with E-state index in [1.165, 1.54) is 18.7 Å². The van der Waals surface area contributed by atoms with E-state index in [1.54, 1.807) is 0 Å². The minimum Gasteiger partial charge on any atom is -0.494 e. The Labute approximate surface area is 147 Å². The maximum absolute atomic E-state index is 5.69. The maximum Gasteiger partial charge on any atom is 0.123 e. The summed E-state index contributed by atoms with van der Waals surface area (Å²) in [5, 5.41) is 3.39. The smallest absolute Gasteiger partial charge is 0.123 e. The van der Waals surface area contributed by atoms with Crippen LogP contribution in [0.15, 0.2) is 24.3 Å². The molecular formula is C16H29Cl2N3O. The number of ether oxygens (including phenoxy) is 1. The Morgan fingerprint density at radius 3 is 2.55 bits per heavy atom. The lowest BCUT2D eigenvalue weighted by Gasteiger charge is -2.29. The first kappa shape index (κ1) is 21.5. The van der Waals surface area contributed by atoms with Gasteiger partial charge in [0.05, 0.1) is 6.61 Å². The summed E-state index contributed by atoms with van der Waals surface area (Å²) >= 11 is 0. The molecular weight excluding hydrogens is 321 g/mol. The first-order chi connectivity index (χ1) is 9.79. The number of rotatable bonds is 7. The van der Waals surface area contributed by atoms with Gasteiger partial charge in [-0.25, -0.2) is 0 Å². The van der Waals surface area contributed by atoms with Gasteiger partial charge in [-0.15, -0.1) is 24.8 Å². The van der Waals surface area contributed by atoms with E-state index in [-0.39, 0.29) is 24.8 Å². The highest BCUT2D eigenvalue weighted by molar-refractivity contribution is 5.85. The average molecular weight is 350 g/mol. The minimum absolute atomic E-state index is 0.